The van der Waals surface area contributed by atoms with Gasteiger partial charge in [-0.1, -0.05) is 18.2 Å². The van der Waals surface area contributed by atoms with Crippen LogP contribution in [0.3, 0.4) is 0 Å². The summed E-state index contributed by atoms with van der Waals surface area (Å²) in [5.74, 6) is 0.0128. The van der Waals surface area contributed by atoms with Gasteiger partial charge in [0.25, 0.3) is 5.91 Å². The summed E-state index contributed by atoms with van der Waals surface area (Å²) in [5, 5.41) is 0. The third-order valence-corrected chi connectivity index (χ3v) is 4.69. The van der Waals surface area contributed by atoms with E-state index >= 15 is 0 Å². The Balaban J connectivity index is 0.00000208. The molecule has 2 amide bonds. The average molecular weight is 354 g/mol. The smallest absolute Gasteiger partial charge is 0.253 e. The third kappa shape index (κ3) is 3.88. The fraction of sp³-hybridized carbons (Fsp3) is 0.529. The maximum Gasteiger partial charge on any atom is 0.253 e. The van der Waals surface area contributed by atoms with Gasteiger partial charge in [-0.3, -0.25) is 9.59 Å². The molecule has 0 unspecified atom stereocenters. The predicted octanol–water partition coefficient (Wildman–Crippen LogP) is 0.901. The molecule has 1 aromatic rings. The number of hydrogen-bond acceptors (Lipinski definition) is 4. The number of halogens is 1. The summed E-state index contributed by atoms with van der Waals surface area (Å²) in [6.45, 7) is 3.25. The van der Waals surface area contributed by atoms with Gasteiger partial charge in [0.05, 0.1) is 5.54 Å². The molecular weight excluding hydrogens is 330 g/mol. The van der Waals surface area contributed by atoms with Gasteiger partial charge in [-0.15, -0.1) is 12.4 Å². The van der Waals surface area contributed by atoms with Gasteiger partial charge in [0.1, 0.15) is 0 Å². The summed E-state index contributed by atoms with van der Waals surface area (Å²) < 4.78 is 5.30. The van der Waals surface area contributed by atoms with E-state index < -0.39 is 5.54 Å². The fourth-order valence-corrected chi connectivity index (χ4v) is 3.14. The van der Waals surface area contributed by atoms with Crippen LogP contribution in [-0.2, 0) is 9.53 Å². The quantitative estimate of drug-likeness (QED) is 0.857. The molecule has 0 saturated carbocycles. The van der Waals surface area contributed by atoms with Crippen LogP contribution in [-0.4, -0.2) is 66.5 Å². The van der Waals surface area contributed by atoms with Gasteiger partial charge in [0, 0.05) is 45.0 Å². The third-order valence-electron chi connectivity index (χ3n) is 4.69. The van der Waals surface area contributed by atoms with Gasteiger partial charge in [0.2, 0.25) is 5.91 Å². The molecule has 24 heavy (non-hydrogen) atoms. The van der Waals surface area contributed by atoms with Gasteiger partial charge >= 0.3 is 0 Å². The van der Waals surface area contributed by atoms with E-state index in [-0.39, 0.29) is 24.2 Å². The largest absolute Gasteiger partial charge is 0.381 e. The van der Waals surface area contributed by atoms with Gasteiger partial charge in [0.15, 0.2) is 0 Å². The molecule has 0 atom stereocenters. The summed E-state index contributed by atoms with van der Waals surface area (Å²) >= 11 is 0. The van der Waals surface area contributed by atoms with Crippen LogP contribution in [0.2, 0.25) is 0 Å². The minimum Gasteiger partial charge on any atom is -0.381 e. The van der Waals surface area contributed by atoms with Gasteiger partial charge in [-0.25, -0.2) is 0 Å². The number of carbonyl (C=O) groups is 2. The summed E-state index contributed by atoms with van der Waals surface area (Å²) in [6.07, 6.45) is 1.13. The summed E-state index contributed by atoms with van der Waals surface area (Å²) in [6, 6.07) is 9.24. The van der Waals surface area contributed by atoms with E-state index in [1.54, 1.807) is 9.80 Å². The van der Waals surface area contributed by atoms with Crippen molar-refractivity contribution < 1.29 is 14.3 Å². The van der Waals surface area contributed by atoms with Crippen LogP contribution >= 0.6 is 12.4 Å². The van der Waals surface area contributed by atoms with Crippen molar-refractivity contribution >= 4 is 24.2 Å². The van der Waals surface area contributed by atoms with Gasteiger partial charge in [-0.2, -0.15) is 0 Å². The van der Waals surface area contributed by atoms with E-state index in [4.69, 9.17) is 10.5 Å². The Labute approximate surface area is 148 Å². The SMILES string of the molecule is Cl.NC1(C(=O)N2CCN(C(=O)c3ccccc3)CC2)CCOCC1. The van der Waals surface area contributed by atoms with Gasteiger partial charge in [-0.05, 0) is 25.0 Å². The first-order valence-corrected chi connectivity index (χ1v) is 8.10. The Morgan fingerprint density at radius 3 is 2.08 bits per heavy atom. The Hall–Kier alpha value is -1.63. The van der Waals surface area contributed by atoms with Crippen LogP contribution in [0.4, 0.5) is 0 Å². The zero-order valence-electron chi connectivity index (χ0n) is 13.6. The standard InChI is InChI=1S/C17H23N3O3.ClH/c18-17(6-12-23-13-7-17)16(22)20-10-8-19(9-11-20)15(21)14-4-2-1-3-5-14;/h1-5H,6-13,18H2;1H. The highest BCUT2D eigenvalue weighted by atomic mass is 35.5. The minimum atomic E-state index is -0.802. The number of amides is 2. The molecule has 2 saturated heterocycles. The number of nitrogens with zero attached hydrogens (tertiary/aromatic N) is 2. The zero-order valence-corrected chi connectivity index (χ0v) is 14.5. The molecule has 7 heteroatoms. The number of rotatable bonds is 2. The Kier molecular flexibility index (Phi) is 6.21. The van der Waals surface area contributed by atoms with Crippen LogP contribution in [0.25, 0.3) is 0 Å². The van der Waals surface area contributed by atoms with Crippen molar-refractivity contribution in [3.8, 4) is 0 Å². The normalized spacial score (nSPS) is 20.2. The van der Waals surface area contributed by atoms with E-state index in [9.17, 15) is 9.59 Å². The van der Waals surface area contributed by atoms with Crippen molar-refractivity contribution in [3.05, 3.63) is 35.9 Å². The van der Waals surface area contributed by atoms with Crippen molar-refractivity contribution in [1.29, 1.82) is 0 Å². The predicted molar refractivity (Wildman–Crippen MR) is 93.1 cm³/mol. The average Bonchev–Trinajstić information content (AvgIpc) is 2.62. The lowest BCUT2D eigenvalue weighted by Gasteiger charge is -2.40. The Bertz CT molecular complexity index is 568. The first kappa shape index (κ1) is 18.7. The minimum absolute atomic E-state index is 0. The van der Waals surface area contributed by atoms with E-state index in [2.05, 4.69) is 0 Å². The summed E-state index contributed by atoms with van der Waals surface area (Å²) in [7, 11) is 0. The molecule has 3 rings (SSSR count). The molecule has 1 aromatic carbocycles. The van der Waals surface area contributed by atoms with E-state index in [0.717, 1.165) is 0 Å². The van der Waals surface area contributed by atoms with Crippen molar-refractivity contribution in [2.75, 3.05) is 39.4 Å². The van der Waals surface area contributed by atoms with E-state index in [0.29, 0.717) is 57.8 Å². The zero-order chi connectivity index (χ0) is 16.3. The van der Waals surface area contributed by atoms with Crippen LogP contribution < -0.4 is 5.73 Å². The molecular formula is C17H24ClN3O3. The number of carbonyl (C=O) groups excluding carboxylic acids is 2. The highest BCUT2D eigenvalue weighted by Crippen LogP contribution is 2.21. The van der Waals surface area contributed by atoms with Crippen LogP contribution in [0.5, 0.6) is 0 Å². The van der Waals surface area contributed by atoms with E-state index in [1.807, 2.05) is 30.3 Å². The van der Waals surface area contributed by atoms with Crippen molar-refractivity contribution in [3.63, 3.8) is 0 Å². The first-order chi connectivity index (χ1) is 11.1. The molecule has 132 valence electrons. The maximum absolute atomic E-state index is 12.7. The van der Waals surface area contributed by atoms with Crippen LogP contribution in [0, 0.1) is 0 Å². The molecule has 2 aliphatic heterocycles. The second-order valence-corrected chi connectivity index (χ2v) is 6.22. The van der Waals surface area contributed by atoms with Gasteiger partial charge < -0.3 is 20.3 Å². The monoisotopic (exact) mass is 353 g/mol. The fourth-order valence-electron chi connectivity index (χ4n) is 3.14. The molecule has 2 heterocycles. The van der Waals surface area contributed by atoms with Crippen LogP contribution in [0.1, 0.15) is 23.2 Å². The highest BCUT2D eigenvalue weighted by molar-refractivity contribution is 5.94. The lowest BCUT2D eigenvalue weighted by Crippen LogP contribution is -2.61. The molecule has 0 radical (unpaired) electrons. The maximum atomic E-state index is 12.7. The number of ether oxygens (including phenoxy) is 1. The summed E-state index contributed by atoms with van der Waals surface area (Å²) in [4.78, 5) is 28.7. The second kappa shape index (κ2) is 7.96. The Morgan fingerprint density at radius 1 is 0.958 bits per heavy atom. The first-order valence-electron chi connectivity index (χ1n) is 8.10. The van der Waals surface area contributed by atoms with Crippen molar-refractivity contribution in [1.82, 2.24) is 9.80 Å². The lowest BCUT2D eigenvalue weighted by atomic mass is 9.89. The topological polar surface area (TPSA) is 75.9 Å². The van der Waals surface area contributed by atoms with E-state index in [1.165, 1.54) is 0 Å². The second-order valence-electron chi connectivity index (χ2n) is 6.22. The number of nitrogens with two attached hydrogens (primary N) is 1. The lowest BCUT2D eigenvalue weighted by molar-refractivity contribution is -0.142. The van der Waals surface area contributed by atoms with Crippen molar-refractivity contribution in [2.45, 2.75) is 18.4 Å². The molecule has 0 bridgehead atoms. The molecule has 6 nitrogen and oxygen atoms in total. The molecule has 2 fully saturated rings. The summed E-state index contributed by atoms with van der Waals surface area (Å²) in [5.41, 5.74) is 6.15. The molecule has 0 spiro atoms. The molecule has 2 N–H and O–H groups in total. The van der Waals surface area contributed by atoms with Crippen molar-refractivity contribution in [2.24, 2.45) is 5.73 Å². The molecule has 0 aliphatic carbocycles. The Morgan fingerprint density at radius 2 is 1.50 bits per heavy atom. The number of benzene rings is 1. The molecule has 2 aliphatic rings. The number of hydrogen-bond donors (Lipinski definition) is 1. The van der Waals surface area contributed by atoms with Crippen LogP contribution in [0.15, 0.2) is 30.3 Å². The number of piperazine rings is 1. The molecule has 0 aromatic heterocycles. The highest BCUT2D eigenvalue weighted by Gasteiger charge is 2.40.